The van der Waals surface area contributed by atoms with Crippen LogP contribution in [0.25, 0.3) is 0 Å². The highest BCUT2D eigenvalue weighted by Gasteiger charge is 2.36. The molecule has 0 aliphatic heterocycles. The first kappa shape index (κ1) is 26.5. The molecular formula is C18H35ClN2O3Si. The lowest BCUT2D eigenvalue weighted by molar-refractivity contribution is 0.123. The van der Waals surface area contributed by atoms with E-state index in [1.807, 2.05) is 13.0 Å². The van der Waals surface area contributed by atoms with Gasteiger partial charge in [0, 0.05) is 47.0 Å². The second-order valence-electron chi connectivity index (χ2n) is 5.22. The van der Waals surface area contributed by atoms with Gasteiger partial charge in [-0.15, -0.1) is 19.0 Å². The van der Waals surface area contributed by atoms with Crippen LogP contribution >= 0.6 is 12.4 Å². The van der Waals surface area contributed by atoms with Crippen molar-refractivity contribution in [3.8, 4) is 0 Å². The molecule has 0 aliphatic carbocycles. The zero-order chi connectivity index (χ0) is 18.1. The van der Waals surface area contributed by atoms with Gasteiger partial charge in [-0.25, -0.2) is 0 Å². The first-order chi connectivity index (χ1) is 11.7. The third-order valence-electron chi connectivity index (χ3n) is 3.42. The Kier molecular flexibility index (Phi) is 19.2. The zero-order valence-corrected chi connectivity index (χ0v) is 17.9. The van der Waals surface area contributed by atoms with E-state index in [4.69, 9.17) is 13.3 Å². The predicted octanol–water partition coefficient (Wildman–Crippen LogP) is 3.25. The topological polar surface area (TPSA) is 51.8 Å². The Morgan fingerprint density at radius 1 is 0.960 bits per heavy atom. The number of halogens is 1. The summed E-state index contributed by atoms with van der Waals surface area (Å²) in [5.41, 5.74) is 1.31. The van der Waals surface area contributed by atoms with Crippen molar-refractivity contribution in [2.75, 3.05) is 41.0 Å². The molecular weight excluding hydrogens is 356 g/mol. The summed E-state index contributed by atoms with van der Waals surface area (Å²) >= 11 is 0. The molecule has 146 valence electrons. The van der Waals surface area contributed by atoms with Crippen LogP contribution in [0.5, 0.6) is 0 Å². The molecule has 0 spiro atoms. The van der Waals surface area contributed by atoms with Crippen LogP contribution < -0.4 is 10.6 Å². The van der Waals surface area contributed by atoms with E-state index in [1.165, 1.54) is 5.56 Å². The van der Waals surface area contributed by atoms with Crippen LogP contribution in [0.2, 0.25) is 6.04 Å². The minimum atomic E-state index is -2.39. The van der Waals surface area contributed by atoms with E-state index >= 15 is 0 Å². The molecule has 0 radical (unpaired) electrons. The smallest absolute Gasteiger partial charge is 0.377 e. The van der Waals surface area contributed by atoms with Gasteiger partial charge in [0.15, 0.2) is 0 Å². The molecule has 0 heterocycles. The molecule has 0 bridgehead atoms. The van der Waals surface area contributed by atoms with Crippen molar-refractivity contribution in [3.05, 3.63) is 48.6 Å². The molecule has 25 heavy (non-hydrogen) atoms. The average Bonchev–Trinajstić information content (AvgIpc) is 2.63. The molecule has 1 rings (SSSR count). The highest BCUT2D eigenvalue weighted by Crippen LogP contribution is 2.14. The van der Waals surface area contributed by atoms with Gasteiger partial charge in [-0.2, -0.15) is 0 Å². The Balaban J connectivity index is 0. The maximum atomic E-state index is 5.38. The van der Waals surface area contributed by atoms with Crippen molar-refractivity contribution >= 4 is 21.2 Å². The van der Waals surface area contributed by atoms with Gasteiger partial charge >= 0.3 is 8.80 Å². The summed E-state index contributed by atoms with van der Waals surface area (Å²) in [4.78, 5) is 0. The minimum Gasteiger partial charge on any atom is -0.377 e. The number of allylic oxidation sites excluding steroid dienone is 1. The summed E-state index contributed by atoms with van der Waals surface area (Å²) < 4.78 is 16.2. The Morgan fingerprint density at radius 3 is 2.00 bits per heavy atom. The van der Waals surface area contributed by atoms with Crippen LogP contribution in [0.4, 0.5) is 0 Å². The van der Waals surface area contributed by atoms with Gasteiger partial charge in [-0.1, -0.05) is 36.4 Å². The SMILES string of the molecule is C=CC.CO[Si](CCCNCCNCc1ccccc1)(OC)OC.Cl. The molecule has 0 atom stereocenters. The van der Waals surface area contributed by atoms with Crippen molar-refractivity contribution in [2.24, 2.45) is 0 Å². The summed E-state index contributed by atoms with van der Waals surface area (Å²) in [6.45, 7) is 9.01. The minimum absolute atomic E-state index is 0. The largest absolute Gasteiger partial charge is 0.500 e. The molecule has 2 N–H and O–H groups in total. The summed E-state index contributed by atoms with van der Waals surface area (Å²) in [7, 11) is 2.57. The summed E-state index contributed by atoms with van der Waals surface area (Å²) in [5, 5.41) is 6.82. The maximum Gasteiger partial charge on any atom is 0.500 e. The number of benzene rings is 1. The number of nitrogens with one attached hydrogen (secondary N) is 2. The van der Waals surface area contributed by atoms with Crippen LogP contribution in [0.1, 0.15) is 18.9 Å². The lowest BCUT2D eigenvalue weighted by Gasteiger charge is -2.24. The first-order valence-corrected chi connectivity index (χ1v) is 10.3. The molecule has 1 aromatic carbocycles. The Bertz CT molecular complexity index is 398. The van der Waals surface area contributed by atoms with E-state index in [0.717, 1.165) is 38.6 Å². The molecule has 0 aliphatic rings. The summed E-state index contributed by atoms with van der Waals surface area (Å²) in [6, 6.07) is 11.3. The normalized spacial score (nSPS) is 10.4. The number of hydrogen-bond acceptors (Lipinski definition) is 5. The number of hydrogen-bond donors (Lipinski definition) is 2. The van der Waals surface area contributed by atoms with Crippen LogP contribution in [0, 0.1) is 0 Å². The fourth-order valence-corrected chi connectivity index (χ4v) is 3.84. The second-order valence-corrected chi connectivity index (χ2v) is 8.31. The van der Waals surface area contributed by atoms with Crippen molar-refractivity contribution in [3.63, 3.8) is 0 Å². The van der Waals surface area contributed by atoms with Gasteiger partial charge in [0.05, 0.1) is 0 Å². The number of rotatable bonds is 12. The van der Waals surface area contributed by atoms with Crippen LogP contribution in [0.15, 0.2) is 43.0 Å². The molecule has 0 amide bonds. The molecule has 1 aromatic rings. The summed E-state index contributed by atoms with van der Waals surface area (Å²) in [5.74, 6) is 0. The van der Waals surface area contributed by atoms with Crippen molar-refractivity contribution in [2.45, 2.75) is 25.9 Å². The molecule has 0 unspecified atom stereocenters. The van der Waals surface area contributed by atoms with E-state index in [1.54, 1.807) is 27.4 Å². The third kappa shape index (κ3) is 13.2. The van der Waals surface area contributed by atoms with Gasteiger partial charge < -0.3 is 23.9 Å². The van der Waals surface area contributed by atoms with Gasteiger partial charge in [0.2, 0.25) is 0 Å². The Labute approximate surface area is 160 Å². The monoisotopic (exact) mass is 390 g/mol. The summed E-state index contributed by atoms with van der Waals surface area (Å²) in [6.07, 6.45) is 2.74. The van der Waals surface area contributed by atoms with E-state index < -0.39 is 8.80 Å². The van der Waals surface area contributed by atoms with Crippen LogP contribution in [-0.4, -0.2) is 49.8 Å². The maximum absolute atomic E-state index is 5.38. The Morgan fingerprint density at radius 2 is 1.48 bits per heavy atom. The molecule has 0 aromatic heterocycles. The second kappa shape index (κ2) is 18.1. The van der Waals surface area contributed by atoms with Gasteiger partial charge in [-0.3, -0.25) is 0 Å². The van der Waals surface area contributed by atoms with Crippen LogP contribution in [0.3, 0.4) is 0 Å². The lowest BCUT2D eigenvalue weighted by Crippen LogP contribution is -2.43. The highest BCUT2D eigenvalue weighted by molar-refractivity contribution is 6.60. The third-order valence-corrected chi connectivity index (χ3v) is 6.25. The van der Waals surface area contributed by atoms with Gasteiger partial charge in [0.25, 0.3) is 0 Å². The molecule has 0 fully saturated rings. The van der Waals surface area contributed by atoms with E-state index in [0.29, 0.717) is 0 Å². The standard InChI is InChI=1S/C15H28N2O3Si.C3H6.ClH/c1-18-21(19-2,20-3)13-7-10-16-11-12-17-14-15-8-5-4-6-9-15;1-3-2;/h4-6,8-9,16-17H,7,10-14H2,1-3H3;3H,1H2,2H3;1H. The van der Waals surface area contributed by atoms with Gasteiger partial charge in [0.1, 0.15) is 0 Å². The zero-order valence-electron chi connectivity index (χ0n) is 16.0. The fraction of sp³-hybridized carbons (Fsp3) is 0.556. The van der Waals surface area contributed by atoms with Gasteiger partial charge in [-0.05, 0) is 25.5 Å². The fourth-order valence-electron chi connectivity index (χ4n) is 2.12. The Hall–Kier alpha value is -0.733. The molecule has 5 nitrogen and oxygen atoms in total. The highest BCUT2D eigenvalue weighted by atomic mass is 35.5. The van der Waals surface area contributed by atoms with E-state index in [2.05, 4.69) is 41.5 Å². The predicted molar refractivity (Wildman–Crippen MR) is 110 cm³/mol. The van der Waals surface area contributed by atoms with E-state index in [-0.39, 0.29) is 12.4 Å². The average molecular weight is 391 g/mol. The van der Waals surface area contributed by atoms with Crippen molar-refractivity contribution in [1.82, 2.24) is 10.6 Å². The molecule has 0 saturated carbocycles. The van der Waals surface area contributed by atoms with Crippen molar-refractivity contribution < 1.29 is 13.3 Å². The van der Waals surface area contributed by atoms with Crippen molar-refractivity contribution in [1.29, 1.82) is 0 Å². The molecule has 7 heteroatoms. The van der Waals surface area contributed by atoms with Crippen LogP contribution in [-0.2, 0) is 19.8 Å². The quantitative estimate of drug-likeness (QED) is 0.326. The molecule has 0 saturated heterocycles. The lowest BCUT2D eigenvalue weighted by atomic mass is 10.2. The van der Waals surface area contributed by atoms with E-state index in [9.17, 15) is 0 Å². The first-order valence-electron chi connectivity index (χ1n) is 8.35.